The lowest BCUT2D eigenvalue weighted by molar-refractivity contribution is -0.688. The van der Waals surface area contributed by atoms with Gasteiger partial charge in [0.15, 0.2) is 0 Å². The first-order chi connectivity index (χ1) is 9.15. The smallest absolute Gasteiger partial charge is 0.269 e. The van der Waals surface area contributed by atoms with E-state index in [0.717, 1.165) is 24.5 Å². The van der Waals surface area contributed by atoms with Gasteiger partial charge in [-0.1, -0.05) is 36.9 Å². The molecule has 0 aliphatic rings. The van der Waals surface area contributed by atoms with Crippen LogP contribution in [0.2, 0.25) is 0 Å². The largest absolute Gasteiger partial charge is 0.421 e. The van der Waals surface area contributed by atoms with E-state index in [0.29, 0.717) is 4.20 Å². The van der Waals surface area contributed by atoms with Crippen LogP contribution in [0.15, 0.2) is 43.2 Å². The lowest BCUT2D eigenvalue weighted by atomic mass is 10.1. The lowest BCUT2D eigenvalue weighted by Gasteiger charge is -2.07. The molecule has 1 aromatic heterocycles. The van der Waals surface area contributed by atoms with Crippen LogP contribution in [-0.4, -0.2) is 8.76 Å². The third-order valence-corrected chi connectivity index (χ3v) is 3.43. The van der Waals surface area contributed by atoms with Crippen LogP contribution in [0, 0.1) is 0 Å². The van der Waals surface area contributed by atoms with Gasteiger partial charge in [-0.15, -0.1) is 0 Å². The van der Waals surface area contributed by atoms with E-state index in [2.05, 4.69) is 46.9 Å². The highest BCUT2D eigenvalue weighted by Crippen LogP contribution is 2.06. The van der Waals surface area contributed by atoms with Gasteiger partial charge in [-0.3, -0.25) is 0 Å². The van der Waals surface area contributed by atoms with E-state index < -0.39 is 0 Å². The zero-order valence-corrected chi connectivity index (χ0v) is 12.5. The van der Waals surface area contributed by atoms with Crippen LogP contribution < -0.4 is 4.57 Å². The number of thiocarbonyl (C=S) groups is 1. The monoisotopic (exact) mass is 288 g/mol. The number of hydrogen-bond donors (Lipinski definition) is 0. The molecular weight excluding hydrogens is 272 g/mol. The molecule has 0 saturated heterocycles. The molecule has 0 spiro atoms. The first kappa shape index (κ1) is 13.9. The number of imidazole rings is 1. The summed E-state index contributed by atoms with van der Waals surface area (Å²) in [6.07, 6.45) is 5.89. The number of aryl methyl sites for hydroxylation is 1. The Morgan fingerprint density at radius 2 is 2.11 bits per heavy atom. The molecule has 1 aromatic carbocycles. The van der Waals surface area contributed by atoms with Crippen molar-refractivity contribution in [1.82, 2.24) is 4.57 Å². The first-order valence-electron chi connectivity index (χ1n) is 6.17. The molecule has 0 fully saturated rings. The van der Waals surface area contributed by atoms with Gasteiger partial charge in [-0.25, -0.2) is 9.13 Å². The summed E-state index contributed by atoms with van der Waals surface area (Å²) in [5.41, 5.74) is 2.34. The molecule has 4 heteroatoms. The van der Waals surface area contributed by atoms with Crippen LogP contribution >= 0.6 is 12.2 Å². The Balaban J connectivity index is 2.29. The fourth-order valence-electron chi connectivity index (χ4n) is 2.04. The molecule has 0 bridgehead atoms. The highest BCUT2D eigenvalue weighted by atomic mass is 32.1. The Kier molecular flexibility index (Phi) is 4.45. The molecule has 0 N–H and O–H groups in total. The molecular formula is C15H16N2S2. The molecule has 2 aromatic rings. The average molecular weight is 288 g/mol. The standard InChI is InChI=1S/C15H16N2S2/c1-3-12-5-7-13(8-6-12)11-17-10-9-16(4-2)14(17)15(18)19/h3,5-10H,1,4,11H2,2H3. The number of benzene rings is 1. The maximum atomic E-state index is 5.17. The zero-order valence-electron chi connectivity index (χ0n) is 10.9. The Bertz CT molecular complexity index is 597. The van der Waals surface area contributed by atoms with Crippen LogP contribution in [0.25, 0.3) is 6.08 Å². The lowest BCUT2D eigenvalue weighted by Crippen LogP contribution is -2.39. The summed E-state index contributed by atoms with van der Waals surface area (Å²) in [5.74, 6) is 0.931. The molecule has 0 saturated carbocycles. The second-order valence-corrected chi connectivity index (χ2v) is 5.34. The molecule has 0 atom stereocenters. The average Bonchev–Trinajstić information content (AvgIpc) is 2.82. The minimum atomic E-state index is 0.509. The van der Waals surface area contributed by atoms with E-state index in [1.54, 1.807) is 0 Å². The molecule has 0 unspecified atom stereocenters. The van der Waals surface area contributed by atoms with E-state index >= 15 is 0 Å². The fourth-order valence-corrected chi connectivity index (χ4v) is 2.51. The minimum absolute atomic E-state index is 0.509. The van der Waals surface area contributed by atoms with Crippen LogP contribution in [0.4, 0.5) is 0 Å². The summed E-state index contributed by atoms with van der Waals surface area (Å²) >= 11 is 10.3. The van der Waals surface area contributed by atoms with Gasteiger partial charge in [-0.2, -0.15) is 0 Å². The maximum absolute atomic E-state index is 5.17. The summed E-state index contributed by atoms with van der Waals surface area (Å²) in [5, 5.41) is 0. The van der Waals surface area contributed by atoms with Crippen LogP contribution in [-0.2, 0) is 25.7 Å². The SMILES string of the molecule is C=Cc1ccc(C[n+]2ccn(CC)c2C(=S)[S-])cc1. The topological polar surface area (TPSA) is 8.81 Å². The van der Waals surface area contributed by atoms with Crippen molar-refractivity contribution in [2.75, 3.05) is 0 Å². The van der Waals surface area contributed by atoms with Gasteiger partial charge < -0.3 is 24.8 Å². The molecule has 2 nitrogen and oxygen atoms in total. The van der Waals surface area contributed by atoms with Crippen molar-refractivity contribution < 1.29 is 4.57 Å². The minimum Gasteiger partial charge on any atom is -0.421 e. The maximum Gasteiger partial charge on any atom is 0.269 e. The third kappa shape index (κ3) is 3.08. The molecule has 0 aliphatic heterocycles. The summed E-state index contributed by atoms with van der Waals surface area (Å²) < 4.78 is 4.68. The van der Waals surface area contributed by atoms with E-state index in [1.165, 1.54) is 5.56 Å². The van der Waals surface area contributed by atoms with Crippen molar-refractivity contribution in [2.24, 2.45) is 0 Å². The Labute approximate surface area is 124 Å². The number of aromatic nitrogens is 2. The molecule has 98 valence electrons. The Morgan fingerprint density at radius 3 is 2.63 bits per heavy atom. The van der Waals surface area contributed by atoms with Gasteiger partial charge in [0.1, 0.15) is 18.9 Å². The fraction of sp³-hybridized carbons (Fsp3) is 0.200. The summed E-state index contributed by atoms with van der Waals surface area (Å²) in [7, 11) is 0. The van der Waals surface area contributed by atoms with Crippen molar-refractivity contribution in [3.63, 3.8) is 0 Å². The second-order valence-electron chi connectivity index (χ2n) is 4.27. The van der Waals surface area contributed by atoms with Gasteiger partial charge in [0, 0.05) is 0 Å². The van der Waals surface area contributed by atoms with E-state index in [4.69, 9.17) is 24.8 Å². The predicted octanol–water partition coefficient (Wildman–Crippen LogP) is 2.71. The van der Waals surface area contributed by atoms with Crippen molar-refractivity contribution >= 4 is 35.1 Å². The highest BCUT2D eigenvalue weighted by molar-refractivity contribution is 8.01. The van der Waals surface area contributed by atoms with Crippen molar-refractivity contribution in [2.45, 2.75) is 20.0 Å². The number of hydrogen-bond acceptors (Lipinski definition) is 2. The summed E-state index contributed by atoms with van der Waals surface area (Å²) in [4.78, 5) is 0. The quantitative estimate of drug-likeness (QED) is 0.475. The summed E-state index contributed by atoms with van der Waals surface area (Å²) in [6, 6.07) is 8.32. The highest BCUT2D eigenvalue weighted by Gasteiger charge is 2.14. The number of nitrogens with zero attached hydrogens (tertiary/aromatic N) is 2. The van der Waals surface area contributed by atoms with Crippen molar-refractivity contribution in [3.8, 4) is 0 Å². The Hall–Kier alpha value is -1.52. The molecule has 19 heavy (non-hydrogen) atoms. The molecule has 0 radical (unpaired) electrons. The van der Waals surface area contributed by atoms with E-state index in [-0.39, 0.29) is 0 Å². The predicted molar refractivity (Wildman–Crippen MR) is 85.0 cm³/mol. The summed E-state index contributed by atoms with van der Waals surface area (Å²) in [6.45, 7) is 7.48. The van der Waals surface area contributed by atoms with E-state index in [1.807, 2.05) is 18.5 Å². The Morgan fingerprint density at radius 1 is 1.42 bits per heavy atom. The van der Waals surface area contributed by atoms with Gasteiger partial charge in [0.2, 0.25) is 0 Å². The van der Waals surface area contributed by atoms with Gasteiger partial charge in [-0.05, 0) is 22.2 Å². The van der Waals surface area contributed by atoms with Crippen molar-refractivity contribution in [3.05, 3.63) is 60.2 Å². The van der Waals surface area contributed by atoms with Gasteiger partial charge >= 0.3 is 0 Å². The molecule has 0 amide bonds. The normalized spacial score (nSPS) is 10.4. The number of rotatable bonds is 5. The first-order valence-corrected chi connectivity index (χ1v) is 6.98. The zero-order chi connectivity index (χ0) is 13.8. The molecule has 2 rings (SSSR count). The second kappa shape index (κ2) is 6.08. The third-order valence-electron chi connectivity index (χ3n) is 3.06. The van der Waals surface area contributed by atoms with Crippen LogP contribution in [0.5, 0.6) is 0 Å². The molecule has 0 aliphatic carbocycles. The van der Waals surface area contributed by atoms with Crippen LogP contribution in [0.1, 0.15) is 23.9 Å². The van der Waals surface area contributed by atoms with Crippen molar-refractivity contribution in [1.29, 1.82) is 0 Å². The van der Waals surface area contributed by atoms with E-state index in [9.17, 15) is 0 Å². The van der Waals surface area contributed by atoms with Crippen LogP contribution in [0.3, 0.4) is 0 Å². The molecule has 1 heterocycles. The van der Waals surface area contributed by atoms with Gasteiger partial charge in [0.05, 0.1) is 6.54 Å². The van der Waals surface area contributed by atoms with Gasteiger partial charge in [0.25, 0.3) is 5.82 Å².